The van der Waals surface area contributed by atoms with Crippen LogP contribution < -0.4 is 5.32 Å². The molecule has 1 aromatic carbocycles. The first-order valence-corrected chi connectivity index (χ1v) is 9.13. The maximum atomic E-state index is 12.5. The number of aromatic amines is 1. The number of nitrogens with one attached hydrogen (secondary N) is 2. The fourth-order valence-corrected chi connectivity index (χ4v) is 2.74. The van der Waals surface area contributed by atoms with Crippen LogP contribution in [-0.4, -0.2) is 35.0 Å². The first-order chi connectivity index (χ1) is 13.2. The van der Waals surface area contributed by atoms with Crippen LogP contribution in [0.25, 0.3) is 0 Å². The number of hydrogen-bond donors (Lipinski definition) is 2. The lowest BCUT2D eigenvalue weighted by Gasteiger charge is -2.13. The molecular weight excluding hydrogens is 360 g/mol. The third kappa shape index (κ3) is 5.22. The lowest BCUT2D eigenvalue weighted by atomic mass is 10.1. The molecule has 0 bridgehead atoms. The maximum absolute atomic E-state index is 12.5. The van der Waals surface area contributed by atoms with Crippen LogP contribution in [0.15, 0.2) is 30.3 Å². The average molecular weight is 386 g/mol. The summed E-state index contributed by atoms with van der Waals surface area (Å²) in [6.07, 6.45) is -1.25. The van der Waals surface area contributed by atoms with Gasteiger partial charge in [0.25, 0.3) is 5.91 Å². The summed E-state index contributed by atoms with van der Waals surface area (Å²) in [6.45, 7) is 8.65. The Kier molecular flexibility index (Phi) is 6.98. The number of rotatable bonds is 7. The number of aromatic nitrogens is 1. The van der Waals surface area contributed by atoms with E-state index in [2.05, 4.69) is 10.3 Å². The van der Waals surface area contributed by atoms with E-state index in [9.17, 15) is 14.4 Å². The Labute approximate surface area is 164 Å². The van der Waals surface area contributed by atoms with Crippen molar-refractivity contribution < 1.29 is 23.9 Å². The highest BCUT2D eigenvalue weighted by Gasteiger charge is 2.26. The zero-order valence-corrected chi connectivity index (χ0v) is 16.8. The van der Waals surface area contributed by atoms with Gasteiger partial charge in [-0.05, 0) is 45.7 Å². The number of H-pyrrole nitrogens is 1. The van der Waals surface area contributed by atoms with E-state index >= 15 is 0 Å². The zero-order valence-electron chi connectivity index (χ0n) is 16.8. The number of ether oxygens (including phenoxy) is 2. The molecule has 0 radical (unpaired) electrons. The summed E-state index contributed by atoms with van der Waals surface area (Å²) in [6, 6.07) is 9.42. The Hall–Kier alpha value is -3.09. The Balaban J connectivity index is 2.02. The monoisotopic (exact) mass is 386 g/mol. The van der Waals surface area contributed by atoms with E-state index in [0.29, 0.717) is 23.4 Å². The number of amides is 1. The Morgan fingerprint density at radius 1 is 1.00 bits per heavy atom. The minimum Gasteiger partial charge on any atom is -0.459 e. The largest absolute Gasteiger partial charge is 0.459 e. The molecule has 1 amide bonds. The van der Waals surface area contributed by atoms with E-state index in [0.717, 1.165) is 5.56 Å². The standard InChI is InChI=1S/C21H26N2O5/c1-12(2)27-20(25)17-13(3)18(23-14(17)4)21(26)28-15(5)19(24)22-11-16-9-7-6-8-10-16/h6-10,12,15,23H,11H2,1-5H3,(H,22,24)/t15-/m1/s1. The van der Waals surface area contributed by atoms with E-state index in [1.54, 1.807) is 27.7 Å². The molecule has 2 aromatic rings. The van der Waals surface area contributed by atoms with Crippen LogP contribution in [0.5, 0.6) is 0 Å². The van der Waals surface area contributed by atoms with Crippen LogP contribution >= 0.6 is 0 Å². The van der Waals surface area contributed by atoms with Crippen LogP contribution in [0.4, 0.5) is 0 Å². The van der Waals surface area contributed by atoms with Gasteiger partial charge < -0.3 is 19.8 Å². The second-order valence-electron chi connectivity index (χ2n) is 6.83. The summed E-state index contributed by atoms with van der Waals surface area (Å²) < 4.78 is 10.5. The van der Waals surface area contributed by atoms with Crippen molar-refractivity contribution in [1.29, 1.82) is 0 Å². The number of carbonyl (C=O) groups is 3. The van der Waals surface area contributed by atoms with E-state index in [-0.39, 0.29) is 11.8 Å². The van der Waals surface area contributed by atoms with Crippen molar-refractivity contribution in [1.82, 2.24) is 10.3 Å². The van der Waals surface area contributed by atoms with Crippen molar-refractivity contribution >= 4 is 17.8 Å². The third-order valence-corrected chi connectivity index (χ3v) is 4.15. The van der Waals surface area contributed by atoms with Crippen LogP contribution in [0, 0.1) is 13.8 Å². The molecule has 1 aromatic heterocycles. The number of esters is 2. The van der Waals surface area contributed by atoms with Crippen molar-refractivity contribution in [2.45, 2.75) is 53.4 Å². The number of benzene rings is 1. The molecule has 0 saturated heterocycles. The van der Waals surface area contributed by atoms with Gasteiger partial charge in [0.1, 0.15) is 5.69 Å². The number of hydrogen-bond acceptors (Lipinski definition) is 5. The van der Waals surface area contributed by atoms with Gasteiger partial charge in [0, 0.05) is 12.2 Å². The van der Waals surface area contributed by atoms with Crippen molar-refractivity contribution in [3.8, 4) is 0 Å². The van der Waals surface area contributed by atoms with Gasteiger partial charge >= 0.3 is 11.9 Å². The lowest BCUT2D eigenvalue weighted by Crippen LogP contribution is -2.35. The SMILES string of the molecule is Cc1[nH]c(C(=O)O[C@H](C)C(=O)NCc2ccccc2)c(C)c1C(=O)OC(C)C. The minimum atomic E-state index is -0.981. The quantitative estimate of drug-likeness (QED) is 0.713. The first kappa shape index (κ1) is 21.2. The summed E-state index contributed by atoms with van der Waals surface area (Å²) in [5.74, 6) is -1.61. The molecule has 0 spiro atoms. The highest BCUT2D eigenvalue weighted by molar-refractivity contribution is 5.99. The van der Waals surface area contributed by atoms with E-state index in [1.165, 1.54) is 6.92 Å². The van der Waals surface area contributed by atoms with Crippen LogP contribution in [-0.2, 0) is 20.8 Å². The summed E-state index contributed by atoms with van der Waals surface area (Å²) >= 11 is 0. The smallest absolute Gasteiger partial charge is 0.355 e. The molecule has 0 saturated carbocycles. The van der Waals surface area contributed by atoms with Crippen molar-refractivity contribution in [3.05, 3.63) is 58.4 Å². The van der Waals surface area contributed by atoms with Crippen molar-refractivity contribution in [2.75, 3.05) is 0 Å². The van der Waals surface area contributed by atoms with Gasteiger partial charge in [0.2, 0.25) is 0 Å². The van der Waals surface area contributed by atoms with Gasteiger partial charge in [-0.3, -0.25) is 4.79 Å². The van der Waals surface area contributed by atoms with E-state index in [1.807, 2.05) is 30.3 Å². The average Bonchev–Trinajstić information content (AvgIpc) is 2.94. The molecule has 0 aliphatic rings. The fraction of sp³-hybridized carbons (Fsp3) is 0.381. The fourth-order valence-electron chi connectivity index (χ4n) is 2.74. The van der Waals surface area contributed by atoms with Crippen LogP contribution in [0.3, 0.4) is 0 Å². The Bertz CT molecular complexity index is 855. The summed E-state index contributed by atoms with van der Waals surface area (Å²) in [5, 5.41) is 2.73. The van der Waals surface area contributed by atoms with Gasteiger partial charge in [-0.1, -0.05) is 30.3 Å². The summed E-state index contributed by atoms with van der Waals surface area (Å²) in [5.41, 5.74) is 2.33. The minimum absolute atomic E-state index is 0.135. The van der Waals surface area contributed by atoms with Crippen LogP contribution in [0.2, 0.25) is 0 Å². The molecule has 150 valence electrons. The topological polar surface area (TPSA) is 97.5 Å². The Morgan fingerprint density at radius 3 is 2.25 bits per heavy atom. The molecule has 7 heteroatoms. The maximum Gasteiger partial charge on any atom is 0.355 e. The molecule has 0 aliphatic carbocycles. The number of aryl methyl sites for hydroxylation is 1. The Morgan fingerprint density at radius 2 is 1.64 bits per heavy atom. The van der Waals surface area contributed by atoms with Crippen molar-refractivity contribution in [3.63, 3.8) is 0 Å². The second kappa shape index (κ2) is 9.21. The molecule has 28 heavy (non-hydrogen) atoms. The molecule has 1 atom stereocenters. The first-order valence-electron chi connectivity index (χ1n) is 9.13. The molecule has 0 aliphatic heterocycles. The molecule has 2 N–H and O–H groups in total. The predicted molar refractivity (Wildman–Crippen MR) is 104 cm³/mol. The van der Waals surface area contributed by atoms with Gasteiger partial charge in [-0.25, -0.2) is 9.59 Å². The lowest BCUT2D eigenvalue weighted by molar-refractivity contribution is -0.129. The normalized spacial score (nSPS) is 11.8. The van der Waals surface area contributed by atoms with Crippen molar-refractivity contribution in [2.24, 2.45) is 0 Å². The second-order valence-corrected chi connectivity index (χ2v) is 6.83. The summed E-state index contributed by atoms with van der Waals surface area (Å²) in [4.78, 5) is 39.8. The van der Waals surface area contributed by atoms with Gasteiger partial charge in [0.15, 0.2) is 6.10 Å². The molecule has 1 heterocycles. The van der Waals surface area contributed by atoms with Crippen LogP contribution in [0.1, 0.15) is 58.4 Å². The highest BCUT2D eigenvalue weighted by Crippen LogP contribution is 2.20. The molecule has 7 nitrogen and oxygen atoms in total. The highest BCUT2D eigenvalue weighted by atomic mass is 16.6. The summed E-state index contributed by atoms with van der Waals surface area (Å²) in [7, 11) is 0. The van der Waals surface area contributed by atoms with E-state index in [4.69, 9.17) is 9.47 Å². The van der Waals surface area contributed by atoms with E-state index < -0.39 is 23.9 Å². The van der Waals surface area contributed by atoms with Gasteiger partial charge in [-0.2, -0.15) is 0 Å². The predicted octanol–water partition coefficient (Wildman–Crippen LogP) is 3.06. The molecule has 2 rings (SSSR count). The molecular formula is C21H26N2O5. The zero-order chi connectivity index (χ0) is 20.8. The van der Waals surface area contributed by atoms with Gasteiger partial charge in [-0.15, -0.1) is 0 Å². The number of carbonyl (C=O) groups excluding carboxylic acids is 3. The molecule has 0 unspecified atom stereocenters. The van der Waals surface area contributed by atoms with Gasteiger partial charge in [0.05, 0.1) is 11.7 Å². The molecule has 0 fully saturated rings. The third-order valence-electron chi connectivity index (χ3n) is 4.15.